The largest absolute Gasteiger partial charge is 0.409 e. The summed E-state index contributed by atoms with van der Waals surface area (Å²) in [5.41, 5.74) is 6.78. The van der Waals surface area contributed by atoms with Crippen molar-refractivity contribution in [2.75, 3.05) is 13.6 Å². The van der Waals surface area contributed by atoms with Crippen molar-refractivity contribution in [2.45, 2.75) is 19.0 Å². The van der Waals surface area contributed by atoms with Crippen LogP contribution < -0.4 is 11.1 Å². The number of aromatic nitrogens is 1. The number of hydrogen-bond donors (Lipinski definition) is 3. The molecule has 19 heavy (non-hydrogen) atoms. The quantitative estimate of drug-likeness (QED) is 0.294. The lowest BCUT2D eigenvalue weighted by Crippen LogP contribution is -2.37. The third-order valence-corrected chi connectivity index (χ3v) is 3.21. The average molecular weight is 263 g/mol. The van der Waals surface area contributed by atoms with Gasteiger partial charge in [0.25, 0.3) is 0 Å². The van der Waals surface area contributed by atoms with Crippen LogP contribution in [0.5, 0.6) is 0 Å². The van der Waals surface area contributed by atoms with Gasteiger partial charge in [0.1, 0.15) is 5.69 Å². The standard InChI is InChI=1S/C12H17N5O2/c1-17-6-4-9(12(17)18)15-7-8-3-2-5-14-10(8)11(13)16-19/h2-3,5,9,15,19H,4,6-7H2,1H3,(H2,13,16). The van der Waals surface area contributed by atoms with E-state index in [0.717, 1.165) is 18.5 Å². The number of nitrogens with two attached hydrogens (primary N) is 1. The molecule has 0 spiro atoms. The average Bonchev–Trinajstić information content (AvgIpc) is 2.76. The van der Waals surface area contributed by atoms with Crippen LogP contribution in [0.2, 0.25) is 0 Å². The van der Waals surface area contributed by atoms with Crippen LogP contribution >= 0.6 is 0 Å². The lowest BCUT2D eigenvalue weighted by atomic mass is 10.1. The van der Waals surface area contributed by atoms with Crippen LogP contribution in [0, 0.1) is 0 Å². The lowest BCUT2D eigenvalue weighted by molar-refractivity contribution is -0.128. The van der Waals surface area contributed by atoms with E-state index in [1.807, 2.05) is 6.07 Å². The van der Waals surface area contributed by atoms with Gasteiger partial charge in [0.2, 0.25) is 5.91 Å². The molecular weight excluding hydrogens is 246 g/mol. The summed E-state index contributed by atoms with van der Waals surface area (Å²) in [6, 6.07) is 3.43. The Morgan fingerprint density at radius 1 is 1.74 bits per heavy atom. The molecule has 0 aliphatic carbocycles. The number of carbonyl (C=O) groups excluding carboxylic acids is 1. The maximum Gasteiger partial charge on any atom is 0.239 e. The van der Waals surface area contributed by atoms with Crippen LogP contribution in [0.4, 0.5) is 0 Å². The van der Waals surface area contributed by atoms with Gasteiger partial charge in [0.15, 0.2) is 5.84 Å². The topological polar surface area (TPSA) is 104 Å². The Hall–Kier alpha value is -2.15. The highest BCUT2D eigenvalue weighted by molar-refractivity contribution is 5.96. The van der Waals surface area contributed by atoms with Crippen molar-refractivity contribution in [2.24, 2.45) is 10.9 Å². The molecule has 0 aromatic carbocycles. The molecule has 0 radical (unpaired) electrons. The molecule has 1 unspecified atom stereocenters. The zero-order chi connectivity index (χ0) is 13.8. The Kier molecular flexibility index (Phi) is 3.96. The molecule has 102 valence electrons. The Bertz CT molecular complexity index is 503. The zero-order valence-electron chi connectivity index (χ0n) is 10.7. The second-order valence-corrected chi connectivity index (χ2v) is 4.48. The first-order chi connectivity index (χ1) is 9.13. The third-order valence-electron chi connectivity index (χ3n) is 3.21. The predicted molar refractivity (Wildman–Crippen MR) is 69.6 cm³/mol. The lowest BCUT2D eigenvalue weighted by Gasteiger charge is -2.13. The summed E-state index contributed by atoms with van der Waals surface area (Å²) in [5.74, 6) is 0.0569. The second kappa shape index (κ2) is 5.66. The molecule has 1 aliphatic rings. The van der Waals surface area contributed by atoms with Crippen molar-refractivity contribution in [3.8, 4) is 0 Å². The van der Waals surface area contributed by atoms with Crippen molar-refractivity contribution in [3.63, 3.8) is 0 Å². The molecule has 1 aliphatic heterocycles. The normalized spacial score (nSPS) is 20.1. The summed E-state index contributed by atoms with van der Waals surface area (Å²) in [5, 5.41) is 14.8. The Labute approximate surface area is 111 Å². The highest BCUT2D eigenvalue weighted by Crippen LogP contribution is 2.11. The summed E-state index contributed by atoms with van der Waals surface area (Å²) in [6.45, 7) is 1.21. The molecule has 1 aromatic heterocycles. The number of likely N-dealkylation sites (N-methyl/N-ethyl adjacent to an activating group) is 1. The number of pyridine rings is 1. The van der Waals surface area contributed by atoms with E-state index in [-0.39, 0.29) is 17.8 Å². The number of hydrogen-bond acceptors (Lipinski definition) is 5. The molecule has 0 saturated carbocycles. The van der Waals surface area contributed by atoms with E-state index in [2.05, 4.69) is 15.5 Å². The van der Waals surface area contributed by atoms with Crippen LogP contribution in [0.1, 0.15) is 17.7 Å². The number of amides is 1. The maximum absolute atomic E-state index is 11.8. The van der Waals surface area contributed by atoms with Gasteiger partial charge < -0.3 is 21.2 Å². The van der Waals surface area contributed by atoms with Gasteiger partial charge in [-0.1, -0.05) is 11.2 Å². The Balaban J connectivity index is 2.06. The van der Waals surface area contributed by atoms with E-state index < -0.39 is 0 Å². The molecule has 1 amide bonds. The van der Waals surface area contributed by atoms with Gasteiger partial charge in [-0.25, -0.2) is 0 Å². The Morgan fingerprint density at radius 2 is 2.53 bits per heavy atom. The molecule has 1 fully saturated rings. The smallest absolute Gasteiger partial charge is 0.239 e. The molecule has 4 N–H and O–H groups in total. The third kappa shape index (κ3) is 2.82. The van der Waals surface area contributed by atoms with E-state index in [0.29, 0.717) is 12.2 Å². The molecule has 1 atom stereocenters. The minimum absolute atomic E-state index is 0.0349. The van der Waals surface area contributed by atoms with Gasteiger partial charge in [0.05, 0.1) is 6.04 Å². The first kappa shape index (κ1) is 13.3. The number of nitrogens with one attached hydrogen (secondary N) is 1. The molecule has 1 aromatic rings. The highest BCUT2D eigenvalue weighted by atomic mass is 16.4. The van der Waals surface area contributed by atoms with Gasteiger partial charge in [-0.05, 0) is 18.1 Å². The minimum Gasteiger partial charge on any atom is -0.409 e. The van der Waals surface area contributed by atoms with E-state index in [1.165, 1.54) is 0 Å². The maximum atomic E-state index is 11.8. The molecular formula is C12H17N5O2. The number of likely N-dealkylation sites (tertiary alicyclic amines) is 1. The second-order valence-electron chi connectivity index (χ2n) is 4.48. The molecule has 2 heterocycles. The van der Waals surface area contributed by atoms with Gasteiger partial charge in [-0.3, -0.25) is 9.78 Å². The van der Waals surface area contributed by atoms with Crippen LogP contribution in [-0.2, 0) is 11.3 Å². The number of rotatable bonds is 4. The minimum atomic E-state index is -0.176. The number of nitrogens with zero attached hydrogens (tertiary/aromatic N) is 3. The summed E-state index contributed by atoms with van der Waals surface area (Å²) in [6.07, 6.45) is 2.36. The first-order valence-electron chi connectivity index (χ1n) is 6.03. The van der Waals surface area contributed by atoms with Crippen LogP contribution in [-0.4, -0.2) is 46.5 Å². The summed E-state index contributed by atoms with van der Waals surface area (Å²) in [7, 11) is 1.79. The monoisotopic (exact) mass is 263 g/mol. The zero-order valence-corrected chi connectivity index (χ0v) is 10.7. The van der Waals surface area contributed by atoms with E-state index in [4.69, 9.17) is 10.9 Å². The van der Waals surface area contributed by atoms with E-state index in [9.17, 15) is 4.79 Å². The molecule has 2 rings (SSSR count). The van der Waals surface area contributed by atoms with Crippen LogP contribution in [0.25, 0.3) is 0 Å². The fourth-order valence-corrected chi connectivity index (χ4v) is 2.10. The van der Waals surface area contributed by atoms with Gasteiger partial charge in [-0.2, -0.15) is 0 Å². The number of oxime groups is 1. The molecule has 7 heteroatoms. The van der Waals surface area contributed by atoms with Gasteiger partial charge >= 0.3 is 0 Å². The van der Waals surface area contributed by atoms with Crippen molar-refractivity contribution >= 4 is 11.7 Å². The molecule has 7 nitrogen and oxygen atoms in total. The van der Waals surface area contributed by atoms with Gasteiger partial charge in [-0.15, -0.1) is 0 Å². The van der Waals surface area contributed by atoms with Crippen molar-refractivity contribution in [3.05, 3.63) is 29.6 Å². The van der Waals surface area contributed by atoms with Crippen molar-refractivity contribution < 1.29 is 10.0 Å². The fourth-order valence-electron chi connectivity index (χ4n) is 2.10. The van der Waals surface area contributed by atoms with Crippen molar-refractivity contribution in [1.82, 2.24) is 15.2 Å². The summed E-state index contributed by atoms with van der Waals surface area (Å²) in [4.78, 5) is 17.5. The molecule has 0 bridgehead atoms. The molecule has 1 saturated heterocycles. The van der Waals surface area contributed by atoms with Crippen LogP contribution in [0.15, 0.2) is 23.5 Å². The fraction of sp³-hybridized carbons (Fsp3) is 0.417. The summed E-state index contributed by atoms with van der Waals surface area (Å²) < 4.78 is 0. The van der Waals surface area contributed by atoms with E-state index in [1.54, 1.807) is 24.2 Å². The summed E-state index contributed by atoms with van der Waals surface area (Å²) >= 11 is 0. The van der Waals surface area contributed by atoms with Crippen LogP contribution in [0.3, 0.4) is 0 Å². The first-order valence-corrected chi connectivity index (χ1v) is 6.03. The SMILES string of the molecule is CN1CCC(NCc2cccnc2/C(N)=N/O)C1=O. The van der Waals surface area contributed by atoms with Gasteiger partial charge in [0, 0.05) is 26.3 Å². The van der Waals surface area contributed by atoms with E-state index >= 15 is 0 Å². The number of carbonyl (C=O) groups is 1. The predicted octanol–water partition coefficient (Wildman–Crippen LogP) is -0.504. The number of amidine groups is 1. The highest BCUT2D eigenvalue weighted by Gasteiger charge is 2.28. The Morgan fingerprint density at radius 3 is 3.16 bits per heavy atom. The van der Waals surface area contributed by atoms with Crippen molar-refractivity contribution in [1.29, 1.82) is 0 Å².